The maximum absolute atomic E-state index is 8.54. The minimum absolute atomic E-state index is 0.114. The predicted octanol–water partition coefficient (Wildman–Crippen LogP) is 2.33. The molecule has 0 N–H and O–H groups in total. The first-order chi connectivity index (χ1) is 5.83. The van der Waals surface area contributed by atoms with E-state index in [9.17, 15) is 0 Å². The monoisotopic (exact) mass is 178 g/mol. The number of hydrogen-bond acceptors (Lipinski definition) is 3. The van der Waals surface area contributed by atoms with Crippen molar-refractivity contribution in [3.63, 3.8) is 0 Å². The zero-order valence-electron chi connectivity index (χ0n) is 6.90. The van der Waals surface area contributed by atoms with Gasteiger partial charge in [0.2, 0.25) is 0 Å². The molecule has 1 atom stereocenters. The van der Waals surface area contributed by atoms with E-state index in [1.807, 2.05) is 19.1 Å². The van der Waals surface area contributed by atoms with Gasteiger partial charge in [0.25, 0.3) is 0 Å². The third-order valence-corrected chi connectivity index (χ3v) is 2.64. The van der Waals surface area contributed by atoms with Crippen molar-refractivity contribution in [2.75, 3.05) is 5.75 Å². The van der Waals surface area contributed by atoms with E-state index in [0.29, 0.717) is 0 Å². The van der Waals surface area contributed by atoms with Crippen LogP contribution in [-0.4, -0.2) is 10.7 Å². The van der Waals surface area contributed by atoms with Crippen LogP contribution in [-0.2, 0) is 0 Å². The Balaban J connectivity index is 2.40. The van der Waals surface area contributed by atoms with Gasteiger partial charge in [0.1, 0.15) is 0 Å². The van der Waals surface area contributed by atoms with Gasteiger partial charge in [-0.2, -0.15) is 5.26 Å². The van der Waals surface area contributed by atoms with Crippen molar-refractivity contribution in [2.45, 2.75) is 11.8 Å². The Morgan fingerprint density at radius 2 is 2.25 bits per heavy atom. The second-order valence-electron chi connectivity index (χ2n) is 2.52. The molecule has 0 spiro atoms. The number of pyridine rings is 1. The first kappa shape index (κ1) is 9.08. The summed E-state index contributed by atoms with van der Waals surface area (Å²) in [5.41, 5.74) is 0. The minimum atomic E-state index is 0.114. The third kappa shape index (κ3) is 2.93. The van der Waals surface area contributed by atoms with E-state index < -0.39 is 0 Å². The van der Waals surface area contributed by atoms with Gasteiger partial charge in [0.15, 0.2) is 0 Å². The van der Waals surface area contributed by atoms with Crippen molar-refractivity contribution in [3.05, 3.63) is 24.5 Å². The highest BCUT2D eigenvalue weighted by Crippen LogP contribution is 2.18. The molecule has 0 aliphatic rings. The van der Waals surface area contributed by atoms with Gasteiger partial charge in [-0.3, -0.25) is 4.98 Å². The molecule has 1 unspecified atom stereocenters. The summed E-state index contributed by atoms with van der Waals surface area (Å²) >= 11 is 1.69. The Labute approximate surface area is 76.6 Å². The molecule has 0 radical (unpaired) electrons. The van der Waals surface area contributed by atoms with Crippen LogP contribution in [0.15, 0.2) is 29.4 Å². The molecule has 0 aliphatic carbocycles. The number of rotatable bonds is 3. The Bertz CT molecular complexity index is 266. The minimum Gasteiger partial charge on any atom is -0.265 e. The molecular weight excluding hydrogens is 168 g/mol. The van der Waals surface area contributed by atoms with E-state index in [2.05, 4.69) is 11.1 Å². The van der Waals surface area contributed by atoms with Crippen molar-refractivity contribution in [3.8, 4) is 6.07 Å². The molecule has 0 saturated carbocycles. The second-order valence-corrected chi connectivity index (χ2v) is 3.62. The number of nitrogens with zero attached hydrogens (tertiary/aromatic N) is 2. The zero-order chi connectivity index (χ0) is 8.81. The van der Waals surface area contributed by atoms with E-state index in [1.54, 1.807) is 24.2 Å². The summed E-state index contributed by atoms with van der Waals surface area (Å²) in [5.74, 6) is 0.962. The Morgan fingerprint density at radius 1 is 1.58 bits per heavy atom. The fourth-order valence-corrected chi connectivity index (χ4v) is 1.52. The van der Waals surface area contributed by atoms with Crippen molar-refractivity contribution in [2.24, 2.45) is 5.92 Å². The molecule has 1 heterocycles. The van der Waals surface area contributed by atoms with Crippen LogP contribution in [0.3, 0.4) is 0 Å². The fourth-order valence-electron chi connectivity index (χ4n) is 0.693. The van der Waals surface area contributed by atoms with E-state index in [-0.39, 0.29) is 5.92 Å². The highest BCUT2D eigenvalue weighted by atomic mass is 32.2. The van der Waals surface area contributed by atoms with Crippen molar-refractivity contribution >= 4 is 11.8 Å². The summed E-state index contributed by atoms with van der Waals surface area (Å²) < 4.78 is 0. The number of aromatic nitrogens is 1. The molecule has 0 bridgehead atoms. The smallest absolute Gasteiger partial charge is 0.0661 e. The molecule has 0 aromatic carbocycles. The van der Waals surface area contributed by atoms with Crippen molar-refractivity contribution in [1.82, 2.24) is 4.98 Å². The Morgan fingerprint density at radius 3 is 2.83 bits per heavy atom. The normalized spacial score (nSPS) is 12.0. The van der Waals surface area contributed by atoms with Crippen LogP contribution in [0.2, 0.25) is 0 Å². The van der Waals surface area contributed by atoms with Crippen LogP contribution in [0.5, 0.6) is 0 Å². The van der Waals surface area contributed by atoms with Gasteiger partial charge in [0.05, 0.1) is 12.0 Å². The average Bonchev–Trinajstić information content (AvgIpc) is 2.16. The molecule has 0 amide bonds. The lowest BCUT2D eigenvalue weighted by atomic mass is 10.3. The van der Waals surface area contributed by atoms with E-state index in [0.717, 1.165) is 5.75 Å². The molecule has 1 aromatic heterocycles. The predicted molar refractivity (Wildman–Crippen MR) is 49.7 cm³/mol. The molecule has 1 aromatic rings. The lowest BCUT2D eigenvalue weighted by molar-refractivity contribution is 0.864. The summed E-state index contributed by atoms with van der Waals surface area (Å²) in [6, 6.07) is 6.10. The summed E-state index contributed by atoms with van der Waals surface area (Å²) in [5, 5.41) is 8.54. The second kappa shape index (κ2) is 4.78. The fraction of sp³-hybridized carbons (Fsp3) is 0.333. The quantitative estimate of drug-likeness (QED) is 0.666. The van der Waals surface area contributed by atoms with Gasteiger partial charge in [-0.15, -0.1) is 11.8 Å². The third-order valence-electron chi connectivity index (χ3n) is 1.37. The molecule has 0 fully saturated rings. The van der Waals surface area contributed by atoms with Crippen molar-refractivity contribution in [1.29, 1.82) is 5.26 Å². The van der Waals surface area contributed by atoms with E-state index in [4.69, 9.17) is 5.26 Å². The van der Waals surface area contributed by atoms with Crippen LogP contribution in [0.1, 0.15) is 6.92 Å². The van der Waals surface area contributed by atoms with Gasteiger partial charge in [0, 0.05) is 23.0 Å². The van der Waals surface area contributed by atoms with Gasteiger partial charge >= 0.3 is 0 Å². The molecule has 62 valence electrons. The van der Waals surface area contributed by atoms with E-state index >= 15 is 0 Å². The van der Waals surface area contributed by atoms with Crippen molar-refractivity contribution < 1.29 is 0 Å². The van der Waals surface area contributed by atoms with Crippen LogP contribution < -0.4 is 0 Å². The first-order valence-electron chi connectivity index (χ1n) is 3.75. The van der Waals surface area contributed by atoms with Gasteiger partial charge in [-0.1, -0.05) is 0 Å². The standard InChI is InChI=1S/C9H10N2S/c1-8(6-10)7-12-9-2-4-11-5-3-9/h2-5,8H,7H2,1H3. The molecule has 3 heteroatoms. The van der Waals surface area contributed by atoms with E-state index in [1.165, 1.54) is 4.90 Å². The maximum Gasteiger partial charge on any atom is 0.0661 e. The number of nitriles is 1. The van der Waals surface area contributed by atoms with Crippen LogP contribution in [0.25, 0.3) is 0 Å². The summed E-state index contributed by atoms with van der Waals surface area (Å²) in [4.78, 5) is 5.09. The molecule has 0 aliphatic heterocycles. The molecular formula is C9H10N2S. The number of thioether (sulfide) groups is 1. The Hall–Kier alpha value is -1.01. The average molecular weight is 178 g/mol. The summed E-state index contributed by atoms with van der Waals surface area (Å²) in [6.45, 7) is 1.92. The van der Waals surface area contributed by atoms with Crippen LogP contribution in [0.4, 0.5) is 0 Å². The lowest BCUT2D eigenvalue weighted by Crippen LogP contribution is -1.92. The SMILES string of the molecule is CC(C#N)CSc1ccncc1. The topological polar surface area (TPSA) is 36.7 Å². The maximum atomic E-state index is 8.54. The summed E-state index contributed by atoms with van der Waals surface area (Å²) in [6.07, 6.45) is 3.53. The Kier molecular flexibility index (Phi) is 3.62. The van der Waals surface area contributed by atoms with Gasteiger partial charge < -0.3 is 0 Å². The highest BCUT2D eigenvalue weighted by Gasteiger charge is 1.99. The largest absolute Gasteiger partial charge is 0.265 e. The lowest BCUT2D eigenvalue weighted by Gasteiger charge is -2.00. The number of hydrogen-bond donors (Lipinski definition) is 0. The summed E-state index contributed by atoms with van der Waals surface area (Å²) in [7, 11) is 0. The molecule has 2 nitrogen and oxygen atoms in total. The molecule has 1 rings (SSSR count). The zero-order valence-corrected chi connectivity index (χ0v) is 7.71. The van der Waals surface area contributed by atoms with Crippen LogP contribution in [0, 0.1) is 17.2 Å². The van der Waals surface area contributed by atoms with Gasteiger partial charge in [-0.05, 0) is 19.1 Å². The molecule has 0 saturated heterocycles. The molecule has 12 heavy (non-hydrogen) atoms. The highest BCUT2D eigenvalue weighted by molar-refractivity contribution is 7.99. The van der Waals surface area contributed by atoms with Crippen LogP contribution >= 0.6 is 11.8 Å². The van der Waals surface area contributed by atoms with Gasteiger partial charge in [-0.25, -0.2) is 0 Å². The first-order valence-corrected chi connectivity index (χ1v) is 4.74.